The van der Waals surface area contributed by atoms with E-state index >= 15 is 0 Å². The Morgan fingerprint density at radius 3 is 2.64 bits per heavy atom. The van der Waals surface area contributed by atoms with Crippen LogP contribution < -0.4 is 5.32 Å². The van der Waals surface area contributed by atoms with E-state index in [1.807, 2.05) is 0 Å². The predicted molar refractivity (Wildman–Crippen MR) is 95.6 cm³/mol. The highest BCUT2D eigenvalue weighted by atomic mass is 19.4. The highest BCUT2D eigenvalue weighted by Gasteiger charge is 2.36. The molecule has 2 aromatic carbocycles. The number of hydrogen-bond acceptors (Lipinski definition) is 3. The summed E-state index contributed by atoms with van der Waals surface area (Å²) in [7, 11) is 0. The van der Waals surface area contributed by atoms with E-state index in [1.165, 1.54) is 35.2 Å². The first-order valence-electron chi connectivity index (χ1n) is 8.68. The number of aryl methyl sites for hydroxylation is 1. The molecule has 0 aromatic heterocycles. The van der Waals surface area contributed by atoms with Gasteiger partial charge in [-0.1, -0.05) is 24.3 Å². The molecule has 8 heteroatoms. The van der Waals surface area contributed by atoms with E-state index in [0.29, 0.717) is 0 Å². The number of amides is 2. The number of aromatic hydroxyl groups is 1. The van der Waals surface area contributed by atoms with Gasteiger partial charge in [0.25, 0.3) is 5.91 Å². The molecule has 0 spiro atoms. The van der Waals surface area contributed by atoms with Crippen LogP contribution in [0.2, 0.25) is 0 Å². The van der Waals surface area contributed by atoms with E-state index in [2.05, 4.69) is 5.32 Å². The van der Waals surface area contributed by atoms with Gasteiger partial charge >= 0.3 is 6.18 Å². The molecule has 28 heavy (non-hydrogen) atoms. The lowest BCUT2D eigenvalue weighted by Crippen LogP contribution is -2.37. The van der Waals surface area contributed by atoms with E-state index in [9.17, 15) is 27.9 Å². The van der Waals surface area contributed by atoms with Gasteiger partial charge in [0.2, 0.25) is 5.91 Å². The van der Waals surface area contributed by atoms with Gasteiger partial charge in [-0.2, -0.15) is 13.2 Å². The standard InChI is InChI=1S/C20H19F3N2O3/c1-12-6-7-15(17(26)8-12)19(28)24-14-9-18(27)25(11-14)10-13-4-2-3-5-16(13)20(21,22)23/h2-8,14,26H,9-11H2,1H3,(H,24,28). The first kappa shape index (κ1) is 19.7. The van der Waals surface area contributed by atoms with Gasteiger partial charge in [-0.15, -0.1) is 0 Å². The first-order chi connectivity index (χ1) is 13.1. The number of phenols is 1. The highest BCUT2D eigenvalue weighted by Crippen LogP contribution is 2.33. The normalized spacial score (nSPS) is 17.1. The minimum atomic E-state index is -4.50. The van der Waals surface area contributed by atoms with Crippen molar-refractivity contribution in [3.63, 3.8) is 0 Å². The van der Waals surface area contributed by atoms with Gasteiger partial charge in [0.1, 0.15) is 5.75 Å². The Morgan fingerprint density at radius 2 is 1.96 bits per heavy atom. The molecule has 148 valence electrons. The number of alkyl halides is 3. The van der Waals surface area contributed by atoms with Crippen LogP contribution in [0.3, 0.4) is 0 Å². The molecule has 1 aliphatic heterocycles. The lowest BCUT2D eigenvalue weighted by molar-refractivity contribution is -0.139. The maximum Gasteiger partial charge on any atom is 0.416 e. The summed E-state index contributed by atoms with van der Waals surface area (Å²) in [6.07, 6.45) is -4.51. The lowest BCUT2D eigenvalue weighted by Gasteiger charge is -2.20. The van der Waals surface area contributed by atoms with Crippen LogP contribution >= 0.6 is 0 Å². The molecule has 1 atom stereocenters. The predicted octanol–water partition coefficient (Wildman–Crippen LogP) is 3.25. The molecule has 2 N–H and O–H groups in total. The maximum absolute atomic E-state index is 13.1. The number of phenolic OH excluding ortho intramolecular Hbond substituents is 1. The molecule has 0 saturated carbocycles. The SMILES string of the molecule is Cc1ccc(C(=O)NC2CC(=O)N(Cc3ccccc3C(F)(F)F)C2)c(O)c1. The fraction of sp³-hybridized carbons (Fsp3) is 0.300. The number of rotatable bonds is 4. The zero-order valence-corrected chi connectivity index (χ0v) is 15.1. The van der Waals surface area contributed by atoms with Crippen LogP contribution in [0, 0.1) is 6.92 Å². The summed E-state index contributed by atoms with van der Waals surface area (Å²) in [5.74, 6) is -1.04. The molecular weight excluding hydrogens is 373 g/mol. The summed E-state index contributed by atoms with van der Waals surface area (Å²) in [5.41, 5.74) is 0.102. The largest absolute Gasteiger partial charge is 0.507 e. The maximum atomic E-state index is 13.1. The molecule has 2 aromatic rings. The number of nitrogens with zero attached hydrogens (tertiary/aromatic N) is 1. The van der Waals surface area contributed by atoms with Crippen molar-refractivity contribution in [2.45, 2.75) is 32.1 Å². The Balaban J connectivity index is 1.68. The van der Waals surface area contributed by atoms with Crippen molar-refractivity contribution in [1.82, 2.24) is 10.2 Å². The van der Waals surface area contributed by atoms with Crippen molar-refractivity contribution in [3.05, 3.63) is 64.7 Å². The van der Waals surface area contributed by atoms with E-state index in [1.54, 1.807) is 13.0 Å². The fourth-order valence-electron chi connectivity index (χ4n) is 3.26. The second-order valence-corrected chi connectivity index (χ2v) is 6.82. The lowest BCUT2D eigenvalue weighted by atomic mass is 10.1. The van der Waals surface area contributed by atoms with E-state index in [-0.39, 0.29) is 42.3 Å². The van der Waals surface area contributed by atoms with Gasteiger partial charge in [0.15, 0.2) is 0 Å². The van der Waals surface area contributed by atoms with Crippen molar-refractivity contribution < 1.29 is 27.9 Å². The van der Waals surface area contributed by atoms with Crippen molar-refractivity contribution in [2.24, 2.45) is 0 Å². The summed E-state index contributed by atoms with van der Waals surface area (Å²) >= 11 is 0. The Kier molecular flexibility index (Phi) is 5.31. The number of carbonyl (C=O) groups is 2. The van der Waals surface area contributed by atoms with Crippen LogP contribution in [0.1, 0.15) is 33.5 Å². The summed E-state index contributed by atoms with van der Waals surface area (Å²) in [6.45, 7) is 1.69. The average molecular weight is 392 g/mol. The third-order valence-corrected chi connectivity index (χ3v) is 4.63. The minimum absolute atomic E-state index is 0.00602. The fourth-order valence-corrected chi connectivity index (χ4v) is 3.26. The molecule has 1 aliphatic rings. The minimum Gasteiger partial charge on any atom is -0.507 e. The van der Waals surface area contributed by atoms with Crippen LogP contribution in [0.5, 0.6) is 5.75 Å². The number of nitrogens with one attached hydrogen (secondary N) is 1. The van der Waals surface area contributed by atoms with E-state index in [0.717, 1.165) is 11.6 Å². The van der Waals surface area contributed by atoms with Gasteiger partial charge in [-0.25, -0.2) is 0 Å². The third kappa shape index (κ3) is 4.27. The van der Waals surface area contributed by atoms with Crippen molar-refractivity contribution in [2.75, 3.05) is 6.54 Å². The Hall–Kier alpha value is -3.03. The monoisotopic (exact) mass is 392 g/mol. The quantitative estimate of drug-likeness (QED) is 0.839. The molecule has 1 unspecified atom stereocenters. The third-order valence-electron chi connectivity index (χ3n) is 4.63. The number of likely N-dealkylation sites (tertiary alicyclic amines) is 1. The Morgan fingerprint density at radius 1 is 1.25 bits per heavy atom. The average Bonchev–Trinajstić information content (AvgIpc) is 2.93. The molecule has 0 aliphatic carbocycles. The molecule has 3 rings (SSSR count). The molecule has 0 radical (unpaired) electrons. The van der Waals surface area contributed by atoms with Crippen molar-refractivity contribution in [3.8, 4) is 5.75 Å². The van der Waals surface area contributed by atoms with Crippen LogP contribution in [-0.2, 0) is 17.5 Å². The Bertz CT molecular complexity index is 912. The molecule has 2 amide bonds. The molecule has 1 heterocycles. The van der Waals surface area contributed by atoms with Crippen LogP contribution in [0.25, 0.3) is 0 Å². The van der Waals surface area contributed by atoms with E-state index in [4.69, 9.17) is 0 Å². The van der Waals surface area contributed by atoms with Crippen molar-refractivity contribution in [1.29, 1.82) is 0 Å². The zero-order chi connectivity index (χ0) is 20.5. The van der Waals surface area contributed by atoms with Gasteiger partial charge in [0.05, 0.1) is 17.2 Å². The number of halogens is 3. The number of carbonyl (C=O) groups excluding carboxylic acids is 2. The highest BCUT2D eigenvalue weighted by molar-refractivity contribution is 5.97. The van der Waals surface area contributed by atoms with E-state index < -0.39 is 23.7 Å². The second kappa shape index (κ2) is 7.53. The molecule has 1 saturated heterocycles. The summed E-state index contributed by atoms with van der Waals surface area (Å²) in [4.78, 5) is 25.9. The van der Waals surface area contributed by atoms with Crippen LogP contribution in [0.4, 0.5) is 13.2 Å². The van der Waals surface area contributed by atoms with Crippen LogP contribution in [-0.4, -0.2) is 34.4 Å². The Labute approximate surface area is 159 Å². The molecule has 0 bridgehead atoms. The first-order valence-corrected chi connectivity index (χ1v) is 8.68. The van der Waals surface area contributed by atoms with Gasteiger partial charge < -0.3 is 15.3 Å². The van der Waals surface area contributed by atoms with Crippen LogP contribution in [0.15, 0.2) is 42.5 Å². The van der Waals surface area contributed by atoms with Crippen molar-refractivity contribution >= 4 is 11.8 Å². The molecular formula is C20H19F3N2O3. The summed E-state index contributed by atoms with van der Waals surface area (Å²) in [5, 5.41) is 12.6. The number of benzene rings is 2. The topological polar surface area (TPSA) is 69.6 Å². The summed E-state index contributed by atoms with van der Waals surface area (Å²) < 4.78 is 39.4. The number of hydrogen-bond donors (Lipinski definition) is 2. The van der Waals surface area contributed by atoms with Gasteiger partial charge in [-0.3, -0.25) is 9.59 Å². The molecule has 1 fully saturated rings. The molecule has 5 nitrogen and oxygen atoms in total. The second-order valence-electron chi connectivity index (χ2n) is 6.82. The van der Waals surface area contributed by atoms with Gasteiger partial charge in [-0.05, 0) is 36.2 Å². The van der Waals surface area contributed by atoms with Gasteiger partial charge in [0, 0.05) is 19.5 Å². The summed E-state index contributed by atoms with van der Waals surface area (Å²) in [6, 6.07) is 9.18. The zero-order valence-electron chi connectivity index (χ0n) is 15.1. The smallest absolute Gasteiger partial charge is 0.416 e.